The Morgan fingerprint density at radius 2 is 1.95 bits per heavy atom. The number of ether oxygens (including phenoxy) is 1. The van der Waals surface area contributed by atoms with Gasteiger partial charge < -0.3 is 20.1 Å². The fourth-order valence-corrected chi connectivity index (χ4v) is 1.83. The Morgan fingerprint density at radius 1 is 1.30 bits per heavy atom. The van der Waals surface area contributed by atoms with Gasteiger partial charge in [-0.1, -0.05) is 18.2 Å². The number of nitrogens with zero attached hydrogens (tertiary/aromatic N) is 1. The summed E-state index contributed by atoms with van der Waals surface area (Å²) in [5.41, 5.74) is 0.699. The maximum Gasteiger partial charge on any atom is 0.323 e. The molecule has 0 aliphatic rings. The van der Waals surface area contributed by atoms with Gasteiger partial charge in [-0.05, 0) is 19.1 Å². The zero-order chi connectivity index (χ0) is 15.0. The molecule has 1 amide bonds. The van der Waals surface area contributed by atoms with Crippen LogP contribution in [0.3, 0.4) is 0 Å². The van der Waals surface area contributed by atoms with Crippen LogP contribution in [0.4, 0.5) is 5.69 Å². The van der Waals surface area contributed by atoms with Gasteiger partial charge in [0, 0.05) is 18.8 Å². The van der Waals surface area contributed by atoms with Crippen molar-refractivity contribution in [3.8, 4) is 0 Å². The number of hydrogen-bond donors (Lipinski definition) is 2. The van der Waals surface area contributed by atoms with E-state index in [0.717, 1.165) is 0 Å². The van der Waals surface area contributed by atoms with Crippen LogP contribution in [0.5, 0.6) is 0 Å². The maximum atomic E-state index is 11.9. The SMILES string of the molecule is COCC(C)NC(=O)CN(CC(=O)O)c1ccccc1. The van der Waals surface area contributed by atoms with Crippen molar-refractivity contribution in [1.82, 2.24) is 5.32 Å². The summed E-state index contributed by atoms with van der Waals surface area (Å²) >= 11 is 0. The zero-order valence-corrected chi connectivity index (χ0v) is 11.7. The van der Waals surface area contributed by atoms with Crippen molar-refractivity contribution < 1.29 is 19.4 Å². The number of amides is 1. The van der Waals surface area contributed by atoms with Crippen molar-refractivity contribution in [3.05, 3.63) is 30.3 Å². The first-order chi connectivity index (χ1) is 9.52. The first kappa shape index (κ1) is 16.0. The van der Waals surface area contributed by atoms with Gasteiger partial charge in [0.15, 0.2) is 0 Å². The van der Waals surface area contributed by atoms with Crippen molar-refractivity contribution in [3.63, 3.8) is 0 Å². The fourth-order valence-electron chi connectivity index (χ4n) is 1.83. The number of carboxylic acids is 1. The maximum absolute atomic E-state index is 11.9. The molecule has 0 fully saturated rings. The first-order valence-electron chi connectivity index (χ1n) is 6.33. The minimum Gasteiger partial charge on any atom is -0.480 e. The van der Waals surface area contributed by atoms with Gasteiger partial charge in [0.25, 0.3) is 0 Å². The smallest absolute Gasteiger partial charge is 0.323 e. The number of hydrogen-bond acceptors (Lipinski definition) is 4. The highest BCUT2D eigenvalue weighted by molar-refractivity contribution is 5.84. The summed E-state index contributed by atoms with van der Waals surface area (Å²) in [5, 5.41) is 11.7. The number of rotatable bonds is 8. The molecular formula is C14H20N2O4. The molecular weight excluding hydrogens is 260 g/mol. The topological polar surface area (TPSA) is 78.9 Å². The Hall–Kier alpha value is -2.08. The summed E-state index contributed by atoms with van der Waals surface area (Å²) in [5.74, 6) is -1.22. The number of carbonyl (C=O) groups is 2. The lowest BCUT2D eigenvalue weighted by atomic mass is 10.2. The molecule has 0 spiro atoms. The summed E-state index contributed by atoms with van der Waals surface area (Å²) < 4.78 is 4.94. The molecule has 0 bridgehead atoms. The summed E-state index contributed by atoms with van der Waals surface area (Å²) in [4.78, 5) is 24.3. The molecule has 0 saturated carbocycles. The van der Waals surface area contributed by atoms with E-state index in [0.29, 0.717) is 12.3 Å². The molecule has 0 aromatic heterocycles. The predicted octanol–water partition coefficient (Wildman–Crippen LogP) is 0.729. The van der Waals surface area contributed by atoms with Crippen LogP contribution in [-0.2, 0) is 14.3 Å². The molecule has 1 aromatic rings. The largest absolute Gasteiger partial charge is 0.480 e. The molecule has 110 valence electrons. The highest BCUT2D eigenvalue weighted by atomic mass is 16.5. The van der Waals surface area contributed by atoms with Crippen molar-refractivity contribution >= 4 is 17.6 Å². The Labute approximate surface area is 118 Å². The molecule has 1 atom stereocenters. The van der Waals surface area contributed by atoms with Crippen molar-refractivity contribution in [2.75, 3.05) is 31.7 Å². The molecule has 1 unspecified atom stereocenters. The molecule has 6 nitrogen and oxygen atoms in total. The van der Waals surface area contributed by atoms with Crippen LogP contribution in [-0.4, -0.2) is 49.8 Å². The Morgan fingerprint density at radius 3 is 2.50 bits per heavy atom. The standard InChI is InChI=1S/C14H20N2O4/c1-11(10-20-2)15-13(17)8-16(9-14(18)19)12-6-4-3-5-7-12/h3-7,11H,8-10H2,1-2H3,(H,15,17)(H,18,19). The Kier molecular flexibility index (Phi) is 6.52. The molecule has 20 heavy (non-hydrogen) atoms. The first-order valence-corrected chi connectivity index (χ1v) is 6.33. The normalized spacial score (nSPS) is 11.7. The van der Waals surface area contributed by atoms with Gasteiger partial charge in [0.05, 0.1) is 13.2 Å². The second-order valence-corrected chi connectivity index (χ2v) is 4.51. The molecule has 0 aliphatic carbocycles. The van der Waals surface area contributed by atoms with Gasteiger partial charge in [-0.25, -0.2) is 0 Å². The number of carboxylic acid groups (broad SMARTS) is 1. The number of nitrogens with one attached hydrogen (secondary N) is 1. The lowest BCUT2D eigenvalue weighted by molar-refractivity contribution is -0.135. The second kappa shape index (κ2) is 8.16. The van der Waals surface area contributed by atoms with Gasteiger partial charge in [0.2, 0.25) is 5.91 Å². The highest BCUT2D eigenvalue weighted by Gasteiger charge is 2.15. The summed E-state index contributed by atoms with van der Waals surface area (Å²) in [6.07, 6.45) is 0. The van der Waals surface area contributed by atoms with E-state index >= 15 is 0 Å². The second-order valence-electron chi connectivity index (χ2n) is 4.51. The van der Waals surface area contributed by atoms with Gasteiger partial charge in [-0.3, -0.25) is 9.59 Å². The number of benzene rings is 1. The average molecular weight is 280 g/mol. The number of methoxy groups -OCH3 is 1. The monoisotopic (exact) mass is 280 g/mol. The zero-order valence-electron chi connectivity index (χ0n) is 11.7. The van der Waals surface area contributed by atoms with Crippen LogP contribution in [0.2, 0.25) is 0 Å². The van der Waals surface area contributed by atoms with Crippen LogP contribution < -0.4 is 10.2 Å². The molecule has 1 rings (SSSR count). The fraction of sp³-hybridized carbons (Fsp3) is 0.429. The Balaban J connectivity index is 2.66. The van der Waals surface area contributed by atoms with Crippen molar-refractivity contribution in [2.45, 2.75) is 13.0 Å². The van der Waals surface area contributed by atoms with Gasteiger partial charge in [-0.15, -0.1) is 0 Å². The Bertz CT molecular complexity index is 436. The van der Waals surface area contributed by atoms with E-state index in [2.05, 4.69) is 5.32 Å². The van der Waals surface area contributed by atoms with Crippen molar-refractivity contribution in [2.24, 2.45) is 0 Å². The third-order valence-corrected chi connectivity index (χ3v) is 2.61. The van der Waals surface area contributed by atoms with Crippen LogP contribution >= 0.6 is 0 Å². The number of para-hydroxylation sites is 1. The number of aliphatic carboxylic acids is 1. The molecule has 0 saturated heterocycles. The third-order valence-electron chi connectivity index (χ3n) is 2.61. The van der Waals surface area contributed by atoms with Crippen LogP contribution in [0, 0.1) is 0 Å². The van der Waals surface area contributed by atoms with Crippen LogP contribution in [0.15, 0.2) is 30.3 Å². The summed E-state index contributed by atoms with van der Waals surface area (Å²) in [7, 11) is 1.56. The highest BCUT2D eigenvalue weighted by Crippen LogP contribution is 2.12. The van der Waals surface area contributed by atoms with Gasteiger partial charge >= 0.3 is 5.97 Å². The molecule has 1 aromatic carbocycles. The van der Waals surface area contributed by atoms with Gasteiger partial charge in [0.1, 0.15) is 6.54 Å². The van der Waals surface area contributed by atoms with E-state index in [-0.39, 0.29) is 25.0 Å². The number of carbonyl (C=O) groups excluding carboxylic acids is 1. The van der Waals surface area contributed by atoms with Crippen LogP contribution in [0.1, 0.15) is 6.92 Å². The van der Waals surface area contributed by atoms with Gasteiger partial charge in [-0.2, -0.15) is 0 Å². The van der Waals surface area contributed by atoms with E-state index in [1.165, 1.54) is 4.90 Å². The van der Waals surface area contributed by atoms with Crippen LogP contribution in [0.25, 0.3) is 0 Å². The summed E-state index contributed by atoms with van der Waals surface area (Å²) in [6.45, 7) is 2.00. The average Bonchev–Trinajstić information content (AvgIpc) is 2.38. The minimum absolute atomic E-state index is 0.00956. The quantitative estimate of drug-likeness (QED) is 0.734. The summed E-state index contributed by atoms with van der Waals surface area (Å²) in [6, 6.07) is 8.87. The van der Waals surface area contributed by atoms with E-state index in [9.17, 15) is 9.59 Å². The molecule has 6 heteroatoms. The van der Waals surface area contributed by atoms with E-state index in [1.54, 1.807) is 31.4 Å². The molecule has 0 aliphatic heterocycles. The number of anilines is 1. The van der Waals surface area contributed by atoms with E-state index in [4.69, 9.17) is 9.84 Å². The molecule has 2 N–H and O–H groups in total. The lowest BCUT2D eigenvalue weighted by Gasteiger charge is -2.23. The predicted molar refractivity (Wildman–Crippen MR) is 75.8 cm³/mol. The lowest BCUT2D eigenvalue weighted by Crippen LogP contribution is -2.44. The van der Waals surface area contributed by atoms with Crippen molar-refractivity contribution in [1.29, 1.82) is 0 Å². The van der Waals surface area contributed by atoms with E-state index in [1.807, 2.05) is 13.0 Å². The molecule has 0 radical (unpaired) electrons. The van der Waals surface area contributed by atoms with E-state index < -0.39 is 5.97 Å². The third kappa shape index (κ3) is 5.71. The minimum atomic E-state index is -0.980. The molecule has 0 heterocycles.